The van der Waals surface area contributed by atoms with Crippen molar-refractivity contribution in [3.05, 3.63) is 29.3 Å². The van der Waals surface area contributed by atoms with E-state index in [0.717, 1.165) is 36.1 Å². The van der Waals surface area contributed by atoms with Crippen LogP contribution in [0, 0.1) is 23.7 Å². The van der Waals surface area contributed by atoms with Gasteiger partial charge in [0.15, 0.2) is 0 Å². The van der Waals surface area contributed by atoms with E-state index < -0.39 is 0 Å². The van der Waals surface area contributed by atoms with Crippen molar-refractivity contribution in [3.63, 3.8) is 0 Å². The van der Waals surface area contributed by atoms with Gasteiger partial charge in [-0.3, -0.25) is 0 Å². The zero-order chi connectivity index (χ0) is 12.5. The average molecular weight is 230 g/mol. The normalized spacial score (nSPS) is 18.9. The fourth-order valence-corrected chi connectivity index (χ4v) is 2.46. The summed E-state index contributed by atoms with van der Waals surface area (Å²) in [5.41, 5.74) is 7.99. The van der Waals surface area contributed by atoms with Gasteiger partial charge in [0.1, 0.15) is 5.75 Å². The fraction of sp³-hybridized carbons (Fsp3) is 0.500. The van der Waals surface area contributed by atoms with Crippen molar-refractivity contribution >= 4 is 0 Å². The van der Waals surface area contributed by atoms with Crippen molar-refractivity contribution in [1.82, 2.24) is 0 Å². The van der Waals surface area contributed by atoms with Gasteiger partial charge in [-0.25, -0.2) is 0 Å². The third-order valence-corrected chi connectivity index (χ3v) is 3.84. The van der Waals surface area contributed by atoms with Gasteiger partial charge in [0.2, 0.25) is 0 Å². The van der Waals surface area contributed by atoms with Gasteiger partial charge in [-0.15, -0.1) is 0 Å². The molecule has 1 aromatic rings. The first kappa shape index (κ1) is 11.9. The molecule has 1 atom stereocenters. The maximum Gasteiger partial charge on any atom is 0.121 e. The Hall–Kier alpha value is -1.53. The molecule has 17 heavy (non-hydrogen) atoms. The summed E-state index contributed by atoms with van der Waals surface area (Å²) >= 11 is 0. The molecular formula is C14H18N2O. The van der Waals surface area contributed by atoms with Gasteiger partial charge < -0.3 is 10.5 Å². The van der Waals surface area contributed by atoms with Gasteiger partial charge in [-0.2, -0.15) is 5.26 Å². The van der Waals surface area contributed by atoms with Crippen LogP contribution in [0.3, 0.4) is 0 Å². The first-order valence-corrected chi connectivity index (χ1v) is 5.94. The molecule has 0 aromatic heterocycles. The molecule has 1 aliphatic rings. The highest BCUT2D eigenvalue weighted by molar-refractivity contribution is 5.38. The van der Waals surface area contributed by atoms with Crippen molar-refractivity contribution in [2.75, 3.05) is 7.11 Å². The summed E-state index contributed by atoms with van der Waals surface area (Å²) in [6, 6.07) is 8.14. The maximum atomic E-state index is 9.28. The number of hydrogen-bond acceptors (Lipinski definition) is 3. The highest BCUT2D eigenvalue weighted by atomic mass is 16.5. The monoisotopic (exact) mass is 230 g/mol. The number of hydrogen-bond donors (Lipinski definition) is 1. The lowest BCUT2D eigenvalue weighted by Gasteiger charge is -2.40. The molecule has 0 amide bonds. The molecule has 1 saturated carbocycles. The molecule has 90 valence electrons. The number of nitrogens with two attached hydrogens (primary N) is 1. The lowest BCUT2D eigenvalue weighted by molar-refractivity contribution is 0.169. The molecule has 1 fully saturated rings. The second-order valence-electron chi connectivity index (χ2n) is 4.83. The van der Waals surface area contributed by atoms with Crippen LogP contribution in [-0.4, -0.2) is 7.11 Å². The van der Waals surface area contributed by atoms with E-state index in [-0.39, 0.29) is 11.5 Å². The van der Waals surface area contributed by atoms with Crippen LogP contribution in [0.15, 0.2) is 18.2 Å². The molecule has 0 saturated heterocycles. The summed E-state index contributed by atoms with van der Waals surface area (Å²) < 4.78 is 5.23. The SMILES string of the molecule is COc1ccc(C(N)C2(C#N)CCC2)cc1C. The van der Waals surface area contributed by atoms with Crippen molar-refractivity contribution in [2.24, 2.45) is 11.1 Å². The van der Waals surface area contributed by atoms with E-state index >= 15 is 0 Å². The fourth-order valence-electron chi connectivity index (χ4n) is 2.46. The molecule has 1 aliphatic carbocycles. The lowest BCUT2D eigenvalue weighted by Crippen LogP contribution is -2.39. The standard InChI is InChI=1S/C14H18N2O/c1-10-8-11(4-5-12(10)17-2)13(16)14(9-15)6-3-7-14/h4-5,8,13H,3,6-7,16H2,1-2H3. The summed E-state index contributed by atoms with van der Waals surface area (Å²) in [5.74, 6) is 0.862. The summed E-state index contributed by atoms with van der Waals surface area (Å²) in [4.78, 5) is 0. The zero-order valence-corrected chi connectivity index (χ0v) is 10.4. The van der Waals surface area contributed by atoms with Crippen LogP contribution in [0.4, 0.5) is 0 Å². The number of aryl methyl sites for hydroxylation is 1. The molecule has 3 nitrogen and oxygen atoms in total. The van der Waals surface area contributed by atoms with Crippen LogP contribution >= 0.6 is 0 Å². The highest BCUT2D eigenvalue weighted by Crippen LogP contribution is 2.48. The van der Waals surface area contributed by atoms with E-state index in [1.165, 1.54) is 0 Å². The van der Waals surface area contributed by atoms with E-state index in [4.69, 9.17) is 10.5 Å². The van der Waals surface area contributed by atoms with Crippen LogP contribution in [0.1, 0.15) is 36.4 Å². The Morgan fingerprint density at radius 2 is 2.18 bits per heavy atom. The van der Waals surface area contributed by atoms with Crippen LogP contribution in [0.2, 0.25) is 0 Å². The Morgan fingerprint density at radius 1 is 1.47 bits per heavy atom. The minimum Gasteiger partial charge on any atom is -0.496 e. The van der Waals surface area contributed by atoms with E-state index in [0.29, 0.717) is 0 Å². The van der Waals surface area contributed by atoms with Gasteiger partial charge in [0.25, 0.3) is 0 Å². The van der Waals surface area contributed by atoms with Crippen molar-refractivity contribution in [2.45, 2.75) is 32.2 Å². The number of rotatable bonds is 3. The molecule has 1 aromatic carbocycles. The second-order valence-corrected chi connectivity index (χ2v) is 4.83. The van der Waals surface area contributed by atoms with Gasteiger partial charge >= 0.3 is 0 Å². The predicted molar refractivity (Wildman–Crippen MR) is 66.6 cm³/mol. The molecule has 1 unspecified atom stereocenters. The first-order chi connectivity index (χ1) is 8.13. The minimum absolute atomic E-state index is 0.189. The average Bonchev–Trinajstić information content (AvgIpc) is 2.28. The predicted octanol–water partition coefficient (Wildman–Crippen LogP) is 2.70. The summed E-state index contributed by atoms with van der Waals surface area (Å²) in [6.45, 7) is 1.99. The Balaban J connectivity index is 2.29. The van der Waals surface area contributed by atoms with Gasteiger partial charge in [0, 0.05) is 6.04 Å². The second kappa shape index (κ2) is 4.38. The number of nitriles is 1. The number of benzene rings is 1. The van der Waals surface area contributed by atoms with E-state index in [9.17, 15) is 5.26 Å². The van der Waals surface area contributed by atoms with Crippen molar-refractivity contribution in [3.8, 4) is 11.8 Å². The topological polar surface area (TPSA) is 59.0 Å². The first-order valence-electron chi connectivity index (χ1n) is 5.94. The van der Waals surface area contributed by atoms with Crippen LogP contribution in [0.25, 0.3) is 0 Å². The van der Waals surface area contributed by atoms with Crippen LogP contribution in [-0.2, 0) is 0 Å². The largest absolute Gasteiger partial charge is 0.496 e. The van der Waals surface area contributed by atoms with Crippen molar-refractivity contribution in [1.29, 1.82) is 5.26 Å². The van der Waals surface area contributed by atoms with Gasteiger partial charge in [-0.1, -0.05) is 18.6 Å². The smallest absolute Gasteiger partial charge is 0.121 e. The van der Waals surface area contributed by atoms with Crippen LogP contribution in [0.5, 0.6) is 5.75 Å². The molecule has 0 bridgehead atoms. The lowest BCUT2D eigenvalue weighted by atomic mass is 9.63. The molecule has 2 N–H and O–H groups in total. The Kier molecular flexibility index (Phi) is 3.08. The molecule has 3 heteroatoms. The molecule has 0 radical (unpaired) electrons. The quantitative estimate of drug-likeness (QED) is 0.868. The van der Waals surface area contributed by atoms with Gasteiger partial charge in [0.05, 0.1) is 18.6 Å². The Bertz CT molecular complexity index is 458. The van der Waals surface area contributed by atoms with Crippen molar-refractivity contribution < 1.29 is 4.74 Å². The molecule has 0 heterocycles. The Morgan fingerprint density at radius 3 is 2.59 bits per heavy atom. The highest BCUT2D eigenvalue weighted by Gasteiger charge is 2.43. The minimum atomic E-state index is -0.346. The Labute approximate surface area is 102 Å². The summed E-state index contributed by atoms with van der Waals surface area (Å²) in [5, 5.41) is 9.28. The third kappa shape index (κ3) is 1.89. The zero-order valence-electron chi connectivity index (χ0n) is 10.4. The number of methoxy groups -OCH3 is 1. The maximum absolute atomic E-state index is 9.28. The molecule has 0 aliphatic heterocycles. The van der Waals surface area contributed by atoms with E-state index in [1.54, 1.807) is 7.11 Å². The summed E-state index contributed by atoms with van der Waals surface area (Å²) in [6.07, 6.45) is 2.93. The number of nitrogens with zero attached hydrogens (tertiary/aromatic N) is 1. The third-order valence-electron chi connectivity index (χ3n) is 3.84. The summed E-state index contributed by atoms with van der Waals surface area (Å²) in [7, 11) is 1.66. The van der Waals surface area contributed by atoms with E-state index in [1.807, 2.05) is 25.1 Å². The molecule has 0 spiro atoms. The molecular weight excluding hydrogens is 212 g/mol. The molecule has 2 rings (SSSR count). The van der Waals surface area contributed by atoms with Gasteiger partial charge in [-0.05, 0) is 37.0 Å². The van der Waals surface area contributed by atoms with E-state index in [2.05, 4.69) is 6.07 Å². The number of ether oxygens (including phenoxy) is 1. The van der Waals surface area contributed by atoms with Crippen LogP contribution < -0.4 is 10.5 Å².